The minimum absolute atomic E-state index is 0.0225. The van der Waals surface area contributed by atoms with Gasteiger partial charge in [-0.15, -0.1) is 0 Å². The average molecular weight is 252 g/mol. The monoisotopic (exact) mass is 252 g/mol. The Hall–Kier alpha value is -1.46. The predicted molar refractivity (Wildman–Crippen MR) is 65.0 cm³/mol. The molecule has 4 nitrogen and oxygen atoms in total. The van der Waals surface area contributed by atoms with E-state index in [2.05, 4.69) is 4.84 Å². The molecule has 5 heteroatoms. The second kappa shape index (κ2) is 5.93. The van der Waals surface area contributed by atoms with Crippen molar-refractivity contribution in [3.63, 3.8) is 0 Å². The van der Waals surface area contributed by atoms with E-state index in [1.54, 1.807) is 23.1 Å². The number of rotatable bonds is 4. The number of nitrogens with two attached hydrogens (primary N) is 1. The van der Waals surface area contributed by atoms with E-state index >= 15 is 0 Å². The fraction of sp³-hybridized carbons (Fsp3) is 0.462. The van der Waals surface area contributed by atoms with Gasteiger partial charge in [0.25, 0.3) is 0 Å². The molecule has 0 aliphatic carbocycles. The topological polar surface area (TPSA) is 55.6 Å². The van der Waals surface area contributed by atoms with Gasteiger partial charge < -0.3 is 9.74 Å². The molecule has 0 aromatic heterocycles. The van der Waals surface area contributed by atoms with E-state index in [0.29, 0.717) is 18.7 Å². The predicted octanol–water partition coefficient (Wildman–Crippen LogP) is 1.25. The summed E-state index contributed by atoms with van der Waals surface area (Å²) in [6.45, 7) is 1.03. The van der Waals surface area contributed by atoms with E-state index in [1.807, 2.05) is 0 Å². The van der Waals surface area contributed by atoms with E-state index in [4.69, 9.17) is 5.90 Å². The maximum Gasteiger partial charge on any atom is 0.227 e. The first-order valence-electron chi connectivity index (χ1n) is 6.07. The van der Waals surface area contributed by atoms with Crippen molar-refractivity contribution in [3.05, 3.63) is 35.6 Å². The molecule has 0 bridgehead atoms. The molecule has 1 amide bonds. The smallest absolute Gasteiger partial charge is 0.227 e. The molecular formula is C13H17FN2O2. The number of likely N-dealkylation sites (tertiary alicyclic amines) is 1. The first-order valence-corrected chi connectivity index (χ1v) is 6.07. The molecule has 2 rings (SSSR count). The third-order valence-corrected chi connectivity index (χ3v) is 3.29. The lowest BCUT2D eigenvalue weighted by Gasteiger charge is -2.23. The zero-order valence-electron chi connectivity index (χ0n) is 10.1. The zero-order chi connectivity index (χ0) is 13.0. The maximum absolute atomic E-state index is 13.5. The number of carbonyl (C=O) groups is 1. The molecule has 1 aromatic carbocycles. The molecular weight excluding hydrogens is 235 g/mol. The number of hydrogen-bond donors (Lipinski definition) is 1. The van der Waals surface area contributed by atoms with Gasteiger partial charge in [0.05, 0.1) is 19.1 Å². The molecule has 2 N–H and O–H groups in total. The van der Waals surface area contributed by atoms with Crippen molar-refractivity contribution in [3.8, 4) is 0 Å². The minimum atomic E-state index is -0.336. The number of benzene rings is 1. The summed E-state index contributed by atoms with van der Waals surface area (Å²) in [6.07, 6.45) is 1.92. The number of halogens is 1. The van der Waals surface area contributed by atoms with Gasteiger partial charge in [0.2, 0.25) is 5.91 Å². The second-order valence-electron chi connectivity index (χ2n) is 4.48. The largest absolute Gasteiger partial charge is 0.337 e. The third kappa shape index (κ3) is 2.86. The van der Waals surface area contributed by atoms with Crippen molar-refractivity contribution in [1.82, 2.24) is 4.90 Å². The van der Waals surface area contributed by atoms with Crippen LogP contribution in [0.25, 0.3) is 0 Å². The first-order chi connectivity index (χ1) is 8.72. The average Bonchev–Trinajstić information content (AvgIpc) is 2.81. The second-order valence-corrected chi connectivity index (χ2v) is 4.48. The molecule has 1 fully saturated rings. The van der Waals surface area contributed by atoms with Crippen LogP contribution in [0.15, 0.2) is 24.3 Å². The van der Waals surface area contributed by atoms with E-state index < -0.39 is 0 Å². The molecule has 1 atom stereocenters. The SMILES string of the molecule is NOCC1CCCN1C(=O)Cc1ccccc1F. The highest BCUT2D eigenvalue weighted by atomic mass is 19.1. The van der Waals surface area contributed by atoms with Crippen molar-refractivity contribution in [1.29, 1.82) is 0 Å². The van der Waals surface area contributed by atoms with Crippen molar-refractivity contribution < 1.29 is 14.0 Å². The summed E-state index contributed by atoms with van der Waals surface area (Å²) >= 11 is 0. The van der Waals surface area contributed by atoms with Gasteiger partial charge >= 0.3 is 0 Å². The van der Waals surface area contributed by atoms with E-state index in [1.165, 1.54) is 6.07 Å². The van der Waals surface area contributed by atoms with Crippen LogP contribution >= 0.6 is 0 Å². The van der Waals surface area contributed by atoms with Crippen LogP contribution in [0.2, 0.25) is 0 Å². The van der Waals surface area contributed by atoms with Crippen molar-refractivity contribution in [2.75, 3.05) is 13.2 Å². The Bertz CT molecular complexity index is 425. The molecule has 1 aromatic rings. The number of nitrogens with zero attached hydrogens (tertiary/aromatic N) is 1. The lowest BCUT2D eigenvalue weighted by atomic mass is 10.1. The van der Waals surface area contributed by atoms with Gasteiger partial charge in [0.1, 0.15) is 5.82 Å². The highest BCUT2D eigenvalue weighted by Gasteiger charge is 2.28. The van der Waals surface area contributed by atoms with E-state index in [0.717, 1.165) is 12.8 Å². The fourth-order valence-electron chi connectivity index (χ4n) is 2.35. The quantitative estimate of drug-likeness (QED) is 0.820. The zero-order valence-corrected chi connectivity index (χ0v) is 10.1. The van der Waals surface area contributed by atoms with Crippen LogP contribution in [0.3, 0.4) is 0 Å². The maximum atomic E-state index is 13.5. The van der Waals surface area contributed by atoms with Gasteiger partial charge in [-0.2, -0.15) is 0 Å². The van der Waals surface area contributed by atoms with Crippen LogP contribution in [0, 0.1) is 5.82 Å². The van der Waals surface area contributed by atoms with Crippen LogP contribution in [0.5, 0.6) is 0 Å². The lowest BCUT2D eigenvalue weighted by Crippen LogP contribution is -2.39. The van der Waals surface area contributed by atoms with Gasteiger partial charge in [-0.05, 0) is 24.5 Å². The minimum Gasteiger partial charge on any atom is -0.337 e. The summed E-state index contributed by atoms with van der Waals surface area (Å²) in [5.74, 6) is 4.64. The Morgan fingerprint density at radius 2 is 2.28 bits per heavy atom. The molecule has 1 saturated heterocycles. The number of amides is 1. The van der Waals surface area contributed by atoms with E-state index in [9.17, 15) is 9.18 Å². The van der Waals surface area contributed by atoms with Gasteiger partial charge in [-0.3, -0.25) is 4.79 Å². The first kappa shape index (κ1) is 13.0. The molecule has 18 heavy (non-hydrogen) atoms. The molecule has 0 radical (unpaired) electrons. The summed E-state index contributed by atoms with van der Waals surface area (Å²) in [6, 6.07) is 6.37. The Balaban J connectivity index is 2.01. The number of carbonyl (C=O) groups excluding carboxylic acids is 1. The summed E-state index contributed by atoms with van der Waals surface area (Å²) in [4.78, 5) is 18.5. The Morgan fingerprint density at radius 1 is 1.50 bits per heavy atom. The van der Waals surface area contributed by atoms with Crippen LogP contribution in [0.1, 0.15) is 18.4 Å². The van der Waals surface area contributed by atoms with Crippen LogP contribution < -0.4 is 5.90 Å². The molecule has 0 saturated carbocycles. The third-order valence-electron chi connectivity index (χ3n) is 3.29. The van der Waals surface area contributed by atoms with Gasteiger partial charge in [0, 0.05) is 6.54 Å². The Morgan fingerprint density at radius 3 is 3.00 bits per heavy atom. The van der Waals surface area contributed by atoms with Crippen molar-refractivity contribution >= 4 is 5.91 Å². The number of hydrogen-bond acceptors (Lipinski definition) is 3. The Labute approximate surface area is 105 Å². The van der Waals surface area contributed by atoms with Crippen molar-refractivity contribution in [2.24, 2.45) is 5.90 Å². The van der Waals surface area contributed by atoms with Gasteiger partial charge in [0.15, 0.2) is 0 Å². The van der Waals surface area contributed by atoms with Crippen LogP contribution in [-0.2, 0) is 16.1 Å². The molecule has 1 aliphatic rings. The Kier molecular flexibility index (Phi) is 4.28. The fourth-order valence-corrected chi connectivity index (χ4v) is 2.35. The summed E-state index contributed by atoms with van der Waals surface area (Å²) in [5, 5.41) is 0. The molecule has 1 unspecified atom stereocenters. The van der Waals surface area contributed by atoms with Gasteiger partial charge in [-0.1, -0.05) is 18.2 Å². The van der Waals surface area contributed by atoms with Crippen LogP contribution in [0.4, 0.5) is 4.39 Å². The highest BCUT2D eigenvalue weighted by molar-refractivity contribution is 5.79. The lowest BCUT2D eigenvalue weighted by molar-refractivity contribution is -0.132. The normalized spacial score (nSPS) is 19.2. The summed E-state index contributed by atoms with van der Waals surface area (Å²) in [5.41, 5.74) is 0.432. The van der Waals surface area contributed by atoms with E-state index in [-0.39, 0.29) is 24.2 Å². The van der Waals surface area contributed by atoms with Crippen LogP contribution in [-0.4, -0.2) is 30.0 Å². The summed E-state index contributed by atoms with van der Waals surface area (Å²) in [7, 11) is 0. The molecule has 1 aliphatic heterocycles. The molecule has 1 heterocycles. The molecule has 98 valence electrons. The van der Waals surface area contributed by atoms with Gasteiger partial charge in [-0.25, -0.2) is 10.3 Å². The standard InChI is InChI=1S/C13H17FN2O2/c14-12-6-2-1-4-10(12)8-13(17)16-7-3-5-11(16)9-18-15/h1-2,4,6,11H,3,5,7-9,15H2. The summed E-state index contributed by atoms with van der Waals surface area (Å²) < 4.78 is 13.5. The highest BCUT2D eigenvalue weighted by Crippen LogP contribution is 2.19. The van der Waals surface area contributed by atoms with Crippen molar-refractivity contribution in [2.45, 2.75) is 25.3 Å². The molecule has 0 spiro atoms.